The van der Waals surface area contributed by atoms with Gasteiger partial charge in [-0.25, -0.2) is 0 Å². The summed E-state index contributed by atoms with van der Waals surface area (Å²) in [6.07, 6.45) is 9.15. The average molecular weight is 295 g/mol. The standard InChI is InChI=1S/C18H17NOS/c1-2-6-14(5-1)20-15-7-8-16-17(12-21-18(16)10-15)13-4-3-9-19-11-13/h3-4,7-12,14H,1-2,5-6H2. The Bertz CT molecular complexity index is 744. The quantitative estimate of drug-likeness (QED) is 0.655. The minimum atomic E-state index is 0.417. The van der Waals surface area contributed by atoms with Crippen LogP contribution in [0.15, 0.2) is 48.1 Å². The molecule has 0 spiro atoms. The van der Waals surface area contributed by atoms with Crippen molar-refractivity contribution in [3.05, 3.63) is 48.1 Å². The molecule has 0 radical (unpaired) electrons. The summed E-state index contributed by atoms with van der Waals surface area (Å²) in [6, 6.07) is 10.6. The molecule has 1 aliphatic rings. The van der Waals surface area contributed by atoms with E-state index in [0.29, 0.717) is 6.10 Å². The van der Waals surface area contributed by atoms with Gasteiger partial charge < -0.3 is 4.74 Å². The maximum Gasteiger partial charge on any atom is 0.121 e. The number of hydrogen-bond donors (Lipinski definition) is 0. The summed E-state index contributed by atoms with van der Waals surface area (Å²) >= 11 is 1.77. The van der Waals surface area contributed by atoms with Gasteiger partial charge in [-0.3, -0.25) is 4.98 Å². The molecule has 21 heavy (non-hydrogen) atoms. The van der Waals surface area contributed by atoms with E-state index < -0.39 is 0 Å². The van der Waals surface area contributed by atoms with Crippen LogP contribution in [0.2, 0.25) is 0 Å². The molecule has 1 fully saturated rings. The third kappa shape index (κ3) is 2.54. The second-order valence-electron chi connectivity index (χ2n) is 5.57. The molecule has 3 heteroatoms. The van der Waals surface area contributed by atoms with E-state index >= 15 is 0 Å². The van der Waals surface area contributed by atoms with E-state index in [0.717, 1.165) is 5.75 Å². The lowest BCUT2D eigenvalue weighted by Crippen LogP contribution is -2.10. The van der Waals surface area contributed by atoms with Crippen LogP contribution in [0.3, 0.4) is 0 Å². The second kappa shape index (κ2) is 5.49. The van der Waals surface area contributed by atoms with E-state index in [-0.39, 0.29) is 0 Å². The maximum atomic E-state index is 6.09. The first kappa shape index (κ1) is 12.8. The zero-order valence-electron chi connectivity index (χ0n) is 11.8. The van der Waals surface area contributed by atoms with E-state index in [1.165, 1.54) is 46.9 Å². The predicted octanol–water partition coefficient (Wildman–Crippen LogP) is 5.28. The van der Waals surface area contributed by atoms with Crippen LogP contribution in [0.4, 0.5) is 0 Å². The highest BCUT2D eigenvalue weighted by Crippen LogP contribution is 2.36. The van der Waals surface area contributed by atoms with Crippen LogP contribution in [0.1, 0.15) is 25.7 Å². The first-order chi connectivity index (χ1) is 10.4. The largest absolute Gasteiger partial charge is 0.490 e. The molecule has 2 nitrogen and oxygen atoms in total. The Morgan fingerprint density at radius 3 is 2.86 bits per heavy atom. The third-order valence-electron chi connectivity index (χ3n) is 4.12. The summed E-state index contributed by atoms with van der Waals surface area (Å²) in [5, 5.41) is 3.49. The normalized spacial score (nSPS) is 15.6. The minimum Gasteiger partial charge on any atom is -0.490 e. The molecule has 0 aliphatic heterocycles. The second-order valence-corrected chi connectivity index (χ2v) is 6.48. The number of benzene rings is 1. The Labute approximate surface area is 128 Å². The molecule has 2 aromatic heterocycles. The molecule has 0 atom stereocenters. The maximum absolute atomic E-state index is 6.09. The molecule has 0 N–H and O–H groups in total. The molecule has 0 unspecified atom stereocenters. The minimum absolute atomic E-state index is 0.417. The molecule has 2 heterocycles. The van der Waals surface area contributed by atoms with Crippen LogP contribution in [-0.2, 0) is 0 Å². The van der Waals surface area contributed by atoms with E-state index in [1.54, 1.807) is 11.3 Å². The number of aromatic nitrogens is 1. The fourth-order valence-electron chi connectivity index (χ4n) is 3.03. The van der Waals surface area contributed by atoms with Crippen LogP contribution >= 0.6 is 11.3 Å². The molecular formula is C18H17NOS. The number of fused-ring (bicyclic) bond motifs is 1. The van der Waals surface area contributed by atoms with Gasteiger partial charge in [0.2, 0.25) is 0 Å². The topological polar surface area (TPSA) is 22.1 Å². The summed E-state index contributed by atoms with van der Waals surface area (Å²) in [6.45, 7) is 0. The van der Waals surface area contributed by atoms with Gasteiger partial charge in [-0.1, -0.05) is 6.07 Å². The van der Waals surface area contributed by atoms with Crippen molar-refractivity contribution in [3.63, 3.8) is 0 Å². The predicted molar refractivity (Wildman–Crippen MR) is 87.9 cm³/mol. The summed E-state index contributed by atoms with van der Waals surface area (Å²) in [5.41, 5.74) is 2.43. The number of rotatable bonds is 3. The van der Waals surface area contributed by atoms with Gasteiger partial charge in [-0.2, -0.15) is 0 Å². The first-order valence-corrected chi connectivity index (χ1v) is 8.36. The molecule has 106 valence electrons. The molecule has 4 rings (SSSR count). The van der Waals surface area contributed by atoms with E-state index in [4.69, 9.17) is 4.74 Å². The van der Waals surface area contributed by atoms with Gasteiger partial charge in [-0.05, 0) is 55.3 Å². The highest BCUT2D eigenvalue weighted by atomic mass is 32.1. The smallest absolute Gasteiger partial charge is 0.121 e. The van der Waals surface area contributed by atoms with Crippen molar-refractivity contribution in [1.29, 1.82) is 0 Å². The average Bonchev–Trinajstić information content (AvgIpc) is 3.17. The molecule has 3 aromatic rings. The van der Waals surface area contributed by atoms with Crippen molar-refractivity contribution in [2.45, 2.75) is 31.8 Å². The van der Waals surface area contributed by atoms with E-state index in [2.05, 4.69) is 34.6 Å². The van der Waals surface area contributed by atoms with Gasteiger partial charge in [0.15, 0.2) is 0 Å². The number of pyridine rings is 1. The highest BCUT2D eigenvalue weighted by molar-refractivity contribution is 7.17. The van der Waals surface area contributed by atoms with E-state index in [1.807, 2.05) is 18.5 Å². The van der Waals surface area contributed by atoms with Crippen LogP contribution in [-0.4, -0.2) is 11.1 Å². The molecular weight excluding hydrogens is 278 g/mol. The van der Waals surface area contributed by atoms with Crippen LogP contribution in [0.25, 0.3) is 21.2 Å². The molecule has 0 bridgehead atoms. The van der Waals surface area contributed by atoms with Gasteiger partial charge in [0.05, 0.1) is 6.10 Å². The van der Waals surface area contributed by atoms with Crippen molar-refractivity contribution in [1.82, 2.24) is 4.98 Å². The molecule has 0 saturated heterocycles. The number of hydrogen-bond acceptors (Lipinski definition) is 3. The monoisotopic (exact) mass is 295 g/mol. The van der Waals surface area contributed by atoms with Gasteiger partial charge in [-0.15, -0.1) is 11.3 Å². The van der Waals surface area contributed by atoms with Crippen molar-refractivity contribution in [2.75, 3.05) is 0 Å². The van der Waals surface area contributed by atoms with Crippen LogP contribution < -0.4 is 4.74 Å². The Hall–Kier alpha value is -1.87. The summed E-state index contributed by atoms with van der Waals surface area (Å²) in [7, 11) is 0. The molecule has 1 aliphatic carbocycles. The van der Waals surface area contributed by atoms with E-state index in [9.17, 15) is 0 Å². The van der Waals surface area contributed by atoms with Crippen molar-refractivity contribution < 1.29 is 4.74 Å². The number of ether oxygens (including phenoxy) is 1. The Morgan fingerprint density at radius 2 is 2.05 bits per heavy atom. The van der Waals surface area contributed by atoms with Crippen molar-refractivity contribution >= 4 is 21.4 Å². The van der Waals surface area contributed by atoms with Crippen molar-refractivity contribution in [3.8, 4) is 16.9 Å². The summed E-state index contributed by atoms with van der Waals surface area (Å²) in [4.78, 5) is 4.21. The van der Waals surface area contributed by atoms with Crippen molar-refractivity contribution in [2.24, 2.45) is 0 Å². The lowest BCUT2D eigenvalue weighted by Gasteiger charge is -2.12. The lowest BCUT2D eigenvalue weighted by atomic mass is 10.1. The Balaban J connectivity index is 1.67. The van der Waals surface area contributed by atoms with Crippen LogP contribution in [0.5, 0.6) is 5.75 Å². The van der Waals surface area contributed by atoms with Gasteiger partial charge in [0, 0.05) is 33.6 Å². The molecule has 1 aromatic carbocycles. The zero-order valence-corrected chi connectivity index (χ0v) is 12.6. The number of thiophene rings is 1. The van der Waals surface area contributed by atoms with Crippen LogP contribution in [0, 0.1) is 0 Å². The third-order valence-corrected chi connectivity index (χ3v) is 5.07. The lowest BCUT2D eigenvalue weighted by molar-refractivity contribution is 0.210. The fourth-order valence-corrected chi connectivity index (χ4v) is 4.02. The zero-order chi connectivity index (χ0) is 14.1. The summed E-state index contributed by atoms with van der Waals surface area (Å²) in [5.74, 6) is 1.01. The first-order valence-electron chi connectivity index (χ1n) is 7.48. The fraction of sp³-hybridized carbons (Fsp3) is 0.278. The molecule has 1 saturated carbocycles. The number of nitrogens with zero attached hydrogens (tertiary/aromatic N) is 1. The van der Waals surface area contributed by atoms with Gasteiger partial charge in [0.25, 0.3) is 0 Å². The van der Waals surface area contributed by atoms with Gasteiger partial charge in [0.1, 0.15) is 5.75 Å². The SMILES string of the molecule is c1cncc(-c2csc3cc(OC4CCCC4)ccc23)c1. The summed E-state index contributed by atoms with van der Waals surface area (Å²) < 4.78 is 7.37. The van der Waals surface area contributed by atoms with Gasteiger partial charge >= 0.3 is 0 Å². The Kier molecular flexibility index (Phi) is 3.36. The Morgan fingerprint density at radius 1 is 1.14 bits per heavy atom. The molecule has 0 amide bonds. The highest BCUT2D eigenvalue weighted by Gasteiger charge is 2.17.